The zero-order valence-electron chi connectivity index (χ0n) is 17.7. The molecule has 7 nitrogen and oxygen atoms in total. The first kappa shape index (κ1) is 23.8. The van der Waals surface area contributed by atoms with Gasteiger partial charge in [0.15, 0.2) is 0 Å². The molecule has 0 fully saturated rings. The number of nitrogens with zero attached hydrogens (tertiary/aromatic N) is 1. The third-order valence-electron chi connectivity index (χ3n) is 4.46. The molecule has 0 aliphatic carbocycles. The van der Waals surface area contributed by atoms with Crippen LogP contribution in [0, 0.1) is 13.8 Å². The lowest BCUT2D eigenvalue weighted by Crippen LogP contribution is -2.48. The summed E-state index contributed by atoms with van der Waals surface area (Å²) in [6, 6.07) is 9.41. The Morgan fingerprint density at radius 2 is 1.83 bits per heavy atom. The maximum absolute atomic E-state index is 12.7. The van der Waals surface area contributed by atoms with Crippen LogP contribution in [0.2, 0.25) is 5.02 Å². The Balaban J connectivity index is 2.08. The van der Waals surface area contributed by atoms with Crippen LogP contribution in [0.25, 0.3) is 0 Å². The second kappa shape index (κ2) is 10.0. The van der Waals surface area contributed by atoms with Gasteiger partial charge in [0.25, 0.3) is 0 Å². The van der Waals surface area contributed by atoms with E-state index in [1.807, 2.05) is 32.0 Å². The lowest BCUT2D eigenvalue weighted by Gasteiger charge is -2.29. The molecule has 164 valence electrons. The number of halogens is 1. The molecule has 1 atom stereocenters. The number of ether oxygens (including phenoxy) is 2. The van der Waals surface area contributed by atoms with Crippen molar-refractivity contribution in [3.8, 4) is 11.5 Å². The van der Waals surface area contributed by atoms with Gasteiger partial charge in [-0.2, -0.15) is 0 Å². The molecule has 0 saturated carbocycles. The molecule has 0 radical (unpaired) electrons. The molecule has 1 amide bonds. The Kier molecular flexibility index (Phi) is 7.97. The third-order valence-corrected chi connectivity index (χ3v) is 5.92. The fourth-order valence-electron chi connectivity index (χ4n) is 3.06. The molecule has 2 aromatic rings. The second-order valence-electron chi connectivity index (χ2n) is 6.96. The van der Waals surface area contributed by atoms with Crippen LogP contribution in [-0.2, 0) is 14.8 Å². The molecule has 0 heterocycles. The zero-order chi connectivity index (χ0) is 22.5. The number of hydrogen-bond acceptors (Lipinski definition) is 5. The second-order valence-corrected chi connectivity index (χ2v) is 9.26. The van der Waals surface area contributed by atoms with Crippen LogP contribution in [-0.4, -0.2) is 46.9 Å². The molecular formula is C21H27ClN2O5S. The summed E-state index contributed by atoms with van der Waals surface area (Å²) in [5, 5.41) is 3.04. The Hall–Kier alpha value is -2.45. The van der Waals surface area contributed by atoms with Crippen molar-refractivity contribution in [1.82, 2.24) is 5.32 Å². The van der Waals surface area contributed by atoms with Crippen molar-refractivity contribution in [1.29, 1.82) is 0 Å². The maximum atomic E-state index is 12.7. The van der Waals surface area contributed by atoms with E-state index in [9.17, 15) is 13.2 Å². The summed E-state index contributed by atoms with van der Waals surface area (Å²) < 4.78 is 36.9. The summed E-state index contributed by atoms with van der Waals surface area (Å²) >= 11 is 6.04. The SMILES string of the molecule is COc1ccc(Cl)cc1N(C(C)C(=O)NCCOc1ccc(C)cc1C)S(C)(=O)=O. The van der Waals surface area contributed by atoms with Crippen molar-refractivity contribution < 1.29 is 22.7 Å². The van der Waals surface area contributed by atoms with Crippen LogP contribution >= 0.6 is 11.6 Å². The molecule has 0 bridgehead atoms. The number of carbonyl (C=O) groups is 1. The van der Waals surface area contributed by atoms with E-state index >= 15 is 0 Å². The summed E-state index contributed by atoms with van der Waals surface area (Å²) in [5.41, 5.74) is 2.34. The standard InChI is InChI=1S/C21H27ClN2O5S/c1-14-6-8-19(15(2)12-14)29-11-10-23-21(25)16(3)24(30(5,26)27)18-13-17(22)7-9-20(18)28-4/h6-9,12-13,16H,10-11H2,1-5H3,(H,23,25). The molecular weight excluding hydrogens is 428 g/mol. The van der Waals surface area contributed by atoms with Crippen LogP contribution < -0.4 is 19.1 Å². The van der Waals surface area contributed by atoms with E-state index < -0.39 is 22.0 Å². The number of benzene rings is 2. The minimum atomic E-state index is -3.79. The first-order chi connectivity index (χ1) is 14.0. The number of rotatable bonds is 9. The lowest BCUT2D eigenvalue weighted by atomic mass is 10.1. The fourth-order valence-corrected chi connectivity index (χ4v) is 4.40. The van der Waals surface area contributed by atoms with Crippen molar-refractivity contribution in [3.05, 3.63) is 52.5 Å². The average Bonchev–Trinajstić information content (AvgIpc) is 2.65. The number of anilines is 1. The Morgan fingerprint density at radius 3 is 2.43 bits per heavy atom. The topological polar surface area (TPSA) is 84.9 Å². The number of sulfonamides is 1. The lowest BCUT2D eigenvalue weighted by molar-refractivity contribution is -0.121. The van der Waals surface area contributed by atoms with Crippen molar-refractivity contribution in [2.24, 2.45) is 0 Å². The minimum Gasteiger partial charge on any atom is -0.495 e. The third kappa shape index (κ3) is 6.03. The van der Waals surface area contributed by atoms with Crippen LogP contribution in [0.1, 0.15) is 18.1 Å². The van der Waals surface area contributed by atoms with Crippen molar-refractivity contribution >= 4 is 33.2 Å². The van der Waals surface area contributed by atoms with Crippen LogP contribution in [0.3, 0.4) is 0 Å². The first-order valence-electron chi connectivity index (χ1n) is 9.35. The van der Waals surface area contributed by atoms with E-state index in [-0.39, 0.29) is 18.8 Å². The molecule has 0 saturated heterocycles. The molecule has 0 spiro atoms. The van der Waals surface area contributed by atoms with Gasteiger partial charge in [0, 0.05) is 5.02 Å². The molecule has 0 aromatic heterocycles. The monoisotopic (exact) mass is 454 g/mol. The quantitative estimate of drug-likeness (QED) is 0.587. The largest absolute Gasteiger partial charge is 0.495 e. The molecule has 0 aliphatic heterocycles. The Bertz CT molecular complexity index is 1010. The number of amides is 1. The van der Waals surface area contributed by atoms with Gasteiger partial charge in [-0.1, -0.05) is 29.3 Å². The predicted octanol–water partition coefficient (Wildman–Crippen LogP) is 3.32. The predicted molar refractivity (Wildman–Crippen MR) is 119 cm³/mol. The van der Waals surface area contributed by atoms with E-state index in [1.54, 1.807) is 12.1 Å². The number of methoxy groups -OCH3 is 1. The molecule has 1 unspecified atom stereocenters. The Labute approximate surface area is 183 Å². The van der Waals surface area contributed by atoms with E-state index in [2.05, 4.69) is 5.32 Å². The summed E-state index contributed by atoms with van der Waals surface area (Å²) in [6.07, 6.45) is 1.03. The summed E-state index contributed by atoms with van der Waals surface area (Å²) in [7, 11) is -2.37. The van der Waals surface area contributed by atoms with Gasteiger partial charge in [-0.3, -0.25) is 9.10 Å². The van der Waals surface area contributed by atoms with E-state index in [1.165, 1.54) is 20.1 Å². The van der Waals surface area contributed by atoms with E-state index in [4.69, 9.17) is 21.1 Å². The molecule has 2 rings (SSSR count). The number of aryl methyl sites for hydroxylation is 2. The zero-order valence-corrected chi connectivity index (χ0v) is 19.3. The van der Waals surface area contributed by atoms with E-state index in [0.717, 1.165) is 27.4 Å². The normalized spacial score (nSPS) is 12.2. The van der Waals surface area contributed by atoms with Crippen molar-refractivity contribution in [2.45, 2.75) is 26.8 Å². The highest BCUT2D eigenvalue weighted by Gasteiger charge is 2.31. The molecule has 9 heteroatoms. The van der Waals surface area contributed by atoms with Crippen LogP contribution in [0.5, 0.6) is 11.5 Å². The highest BCUT2D eigenvalue weighted by molar-refractivity contribution is 7.92. The molecule has 2 aromatic carbocycles. The summed E-state index contributed by atoms with van der Waals surface area (Å²) in [5.74, 6) is 0.568. The molecule has 1 N–H and O–H groups in total. The average molecular weight is 455 g/mol. The highest BCUT2D eigenvalue weighted by Crippen LogP contribution is 2.34. The fraction of sp³-hybridized carbons (Fsp3) is 0.381. The molecule has 30 heavy (non-hydrogen) atoms. The highest BCUT2D eigenvalue weighted by atomic mass is 35.5. The van der Waals surface area contributed by atoms with Gasteiger partial charge in [0.05, 0.1) is 25.6 Å². The van der Waals surface area contributed by atoms with Gasteiger partial charge < -0.3 is 14.8 Å². The smallest absolute Gasteiger partial charge is 0.243 e. The number of hydrogen-bond donors (Lipinski definition) is 1. The maximum Gasteiger partial charge on any atom is 0.243 e. The van der Waals surface area contributed by atoms with Gasteiger partial charge >= 0.3 is 0 Å². The van der Waals surface area contributed by atoms with Crippen LogP contribution in [0.4, 0.5) is 5.69 Å². The van der Waals surface area contributed by atoms with Gasteiger partial charge in [0.1, 0.15) is 24.1 Å². The Morgan fingerprint density at radius 1 is 1.17 bits per heavy atom. The van der Waals surface area contributed by atoms with Gasteiger partial charge in [-0.05, 0) is 50.6 Å². The number of nitrogens with one attached hydrogen (secondary N) is 1. The summed E-state index contributed by atoms with van der Waals surface area (Å²) in [6.45, 7) is 5.93. The summed E-state index contributed by atoms with van der Waals surface area (Å²) in [4.78, 5) is 12.7. The van der Waals surface area contributed by atoms with Gasteiger partial charge in [-0.15, -0.1) is 0 Å². The molecule has 0 aliphatic rings. The number of carbonyl (C=O) groups excluding carboxylic acids is 1. The van der Waals surface area contributed by atoms with Crippen LogP contribution in [0.15, 0.2) is 36.4 Å². The minimum absolute atomic E-state index is 0.196. The first-order valence-corrected chi connectivity index (χ1v) is 11.6. The van der Waals surface area contributed by atoms with E-state index in [0.29, 0.717) is 10.8 Å². The van der Waals surface area contributed by atoms with Crippen molar-refractivity contribution in [2.75, 3.05) is 30.8 Å². The van der Waals surface area contributed by atoms with Gasteiger partial charge in [-0.25, -0.2) is 8.42 Å². The van der Waals surface area contributed by atoms with Crippen molar-refractivity contribution in [3.63, 3.8) is 0 Å². The van der Waals surface area contributed by atoms with Gasteiger partial charge in [0.2, 0.25) is 15.9 Å².